The number of rotatable bonds is 6. The maximum atomic E-state index is 6.26. The van der Waals surface area contributed by atoms with E-state index in [9.17, 15) is 0 Å². The molecule has 4 nitrogen and oxygen atoms in total. The normalized spacial score (nSPS) is 21.7. The predicted octanol–water partition coefficient (Wildman–Crippen LogP) is 6.89. The lowest BCUT2D eigenvalue weighted by Crippen LogP contribution is -2.36. The zero-order valence-corrected chi connectivity index (χ0v) is 21.9. The van der Waals surface area contributed by atoms with E-state index in [1.165, 1.54) is 46.5 Å². The Morgan fingerprint density at radius 1 is 1.18 bits per heavy atom. The number of anilines is 1. The summed E-state index contributed by atoms with van der Waals surface area (Å²) in [4.78, 5) is 15.2. The third-order valence-electron chi connectivity index (χ3n) is 7.17. The molecule has 0 amide bonds. The van der Waals surface area contributed by atoms with Crippen molar-refractivity contribution in [2.75, 3.05) is 18.0 Å². The second-order valence-corrected chi connectivity index (χ2v) is 12.7. The fraction of sp³-hybridized carbons (Fsp3) is 0.556. The van der Waals surface area contributed by atoms with Gasteiger partial charge in [0.15, 0.2) is 5.16 Å². The van der Waals surface area contributed by atoms with Crippen molar-refractivity contribution in [3.8, 4) is 0 Å². The second-order valence-electron chi connectivity index (χ2n) is 10.1. The standard InChI is InChI=1S/C27H35N3OS2/c1-5-27(4)16-21-22(17-31-27)33-25-23(21)24(28-26(29-25)32-18(2)3)30-13-11-20(12-14-30)15-19-9-7-6-8-10-19/h6-10,18,20H,5,11-17H2,1-4H3. The van der Waals surface area contributed by atoms with Gasteiger partial charge < -0.3 is 9.64 Å². The number of thioether (sulfide) groups is 1. The van der Waals surface area contributed by atoms with E-state index in [2.05, 4.69) is 62.9 Å². The SMILES string of the molecule is CCC1(C)Cc2c(sc3nc(SC(C)C)nc(N4CCC(Cc5ccccc5)CC4)c23)CO1. The molecule has 4 heterocycles. The lowest BCUT2D eigenvalue weighted by molar-refractivity contribution is -0.0543. The van der Waals surface area contributed by atoms with E-state index in [0.29, 0.717) is 11.9 Å². The van der Waals surface area contributed by atoms with Crippen molar-refractivity contribution in [2.24, 2.45) is 5.92 Å². The van der Waals surface area contributed by atoms with Gasteiger partial charge in [0.05, 0.1) is 17.6 Å². The van der Waals surface area contributed by atoms with Gasteiger partial charge in [0.2, 0.25) is 0 Å². The average molecular weight is 482 g/mol. The van der Waals surface area contributed by atoms with Gasteiger partial charge in [-0.3, -0.25) is 0 Å². The van der Waals surface area contributed by atoms with Crippen molar-refractivity contribution < 1.29 is 4.74 Å². The number of piperidine rings is 1. The first-order valence-corrected chi connectivity index (χ1v) is 14.1. The van der Waals surface area contributed by atoms with Gasteiger partial charge in [-0.25, -0.2) is 9.97 Å². The molecule has 1 aromatic carbocycles. The summed E-state index contributed by atoms with van der Waals surface area (Å²) < 4.78 is 6.26. The van der Waals surface area contributed by atoms with Gasteiger partial charge in [0.25, 0.3) is 0 Å². The highest BCUT2D eigenvalue weighted by Gasteiger charge is 2.34. The lowest BCUT2D eigenvalue weighted by atomic mass is 9.89. The number of hydrogen-bond acceptors (Lipinski definition) is 6. The highest BCUT2D eigenvalue weighted by atomic mass is 32.2. The molecule has 1 unspecified atom stereocenters. The summed E-state index contributed by atoms with van der Waals surface area (Å²) in [5.74, 6) is 1.91. The van der Waals surface area contributed by atoms with Crippen LogP contribution in [0.1, 0.15) is 63.0 Å². The molecule has 1 fully saturated rings. The number of hydrogen-bond donors (Lipinski definition) is 0. The molecule has 1 saturated heterocycles. The van der Waals surface area contributed by atoms with E-state index in [0.717, 1.165) is 41.8 Å². The smallest absolute Gasteiger partial charge is 0.191 e. The minimum absolute atomic E-state index is 0.0910. The number of benzene rings is 1. The zero-order valence-electron chi connectivity index (χ0n) is 20.3. The lowest BCUT2D eigenvalue weighted by Gasteiger charge is -2.35. The molecule has 6 heteroatoms. The molecular weight excluding hydrogens is 446 g/mol. The quantitative estimate of drug-likeness (QED) is 0.283. The highest BCUT2D eigenvalue weighted by Crippen LogP contribution is 2.44. The van der Waals surface area contributed by atoms with Gasteiger partial charge in [-0.1, -0.05) is 62.9 Å². The Bertz CT molecular complexity index is 1110. The van der Waals surface area contributed by atoms with E-state index >= 15 is 0 Å². The molecular formula is C27H35N3OS2. The van der Waals surface area contributed by atoms with Gasteiger partial charge >= 0.3 is 0 Å². The topological polar surface area (TPSA) is 38.2 Å². The molecule has 176 valence electrons. The van der Waals surface area contributed by atoms with Crippen LogP contribution in [-0.2, 0) is 24.2 Å². The summed E-state index contributed by atoms with van der Waals surface area (Å²) in [5.41, 5.74) is 2.81. The van der Waals surface area contributed by atoms with Gasteiger partial charge in [-0.05, 0) is 49.7 Å². The Morgan fingerprint density at radius 3 is 2.64 bits per heavy atom. The number of thiophene rings is 1. The van der Waals surface area contributed by atoms with Gasteiger partial charge in [0.1, 0.15) is 10.6 Å². The van der Waals surface area contributed by atoms with Crippen LogP contribution in [0, 0.1) is 5.92 Å². The summed E-state index contributed by atoms with van der Waals surface area (Å²) in [6.45, 7) is 11.7. The van der Waals surface area contributed by atoms with Crippen molar-refractivity contribution >= 4 is 39.1 Å². The van der Waals surface area contributed by atoms with Crippen LogP contribution in [-0.4, -0.2) is 33.9 Å². The first kappa shape index (κ1) is 23.1. The van der Waals surface area contributed by atoms with Crippen LogP contribution in [0.15, 0.2) is 35.5 Å². The molecule has 2 aromatic heterocycles. The molecule has 5 rings (SSSR count). The molecule has 3 aromatic rings. The largest absolute Gasteiger partial charge is 0.369 e. The summed E-state index contributed by atoms with van der Waals surface area (Å²) in [5, 5.41) is 2.68. The maximum Gasteiger partial charge on any atom is 0.191 e. The first-order valence-electron chi connectivity index (χ1n) is 12.4. The molecule has 0 spiro atoms. The maximum absolute atomic E-state index is 6.26. The van der Waals surface area contributed by atoms with Crippen molar-refractivity contribution in [3.05, 3.63) is 46.3 Å². The van der Waals surface area contributed by atoms with Crippen molar-refractivity contribution in [2.45, 2.75) is 82.4 Å². The van der Waals surface area contributed by atoms with Crippen LogP contribution in [0.2, 0.25) is 0 Å². The molecule has 0 bridgehead atoms. The van der Waals surface area contributed by atoms with E-state index in [1.807, 2.05) is 11.3 Å². The zero-order chi connectivity index (χ0) is 23.0. The Morgan fingerprint density at radius 2 is 1.94 bits per heavy atom. The fourth-order valence-corrected chi connectivity index (χ4v) is 6.91. The number of nitrogens with zero attached hydrogens (tertiary/aromatic N) is 3. The van der Waals surface area contributed by atoms with Crippen LogP contribution in [0.3, 0.4) is 0 Å². The molecule has 0 saturated carbocycles. The Kier molecular flexibility index (Phi) is 6.69. The Hall–Kier alpha value is -1.63. The molecule has 1 atom stereocenters. The fourth-order valence-electron chi connectivity index (χ4n) is 5.05. The van der Waals surface area contributed by atoms with E-state index in [-0.39, 0.29) is 5.60 Å². The van der Waals surface area contributed by atoms with Crippen LogP contribution in [0.4, 0.5) is 5.82 Å². The van der Waals surface area contributed by atoms with Crippen LogP contribution >= 0.6 is 23.1 Å². The molecule has 0 aliphatic carbocycles. The van der Waals surface area contributed by atoms with E-state index in [4.69, 9.17) is 14.7 Å². The summed E-state index contributed by atoms with van der Waals surface area (Å²) in [6.07, 6.45) is 5.59. The van der Waals surface area contributed by atoms with Crippen molar-refractivity contribution in [1.82, 2.24) is 9.97 Å². The molecule has 2 aliphatic heterocycles. The van der Waals surface area contributed by atoms with Crippen LogP contribution in [0.25, 0.3) is 10.2 Å². The van der Waals surface area contributed by atoms with E-state index < -0.39 is 0 Å². The monoisotopic (exact) mass is 481 g/mol. The predicted molar refractivity (Wildman–Crippen MR) is 141 cm³/mol. The molecule has 0 radical (unpaired) electrons. The number of aromatic nitrogens is 2. The Balaban J connectivity index is 1.45. The van der Waals surface area contributed by atoms with Gasteiger partial charge in [-0.2, -0.15) is 0 Å². The first-order chi connectivity index (χ1) is 15.9. The van der Waals surface area contributed by atoms with Crippen LogP contribution in [0.5, 0.6) is 0 Å². The summed E-state index contributed by atoms with van der Waals surface area (Å²) in [7, 11) is 0. The van der Waals surface area contributed by atoms with Crippen molar-refractivity contribution in [1.29, 1.82) is 0 Å². The summed E-state index contributed by atoms with van der Waals surface area (Å²) >= 11 is 3.59. The van der Waals surface area contributed by atoms with Gasteiger partial charge in [-0.15, -0.1) is 11.3 Å². The average Bonchev–Trinajstić information content (AvgIpc) is 3.16. The van der Waals surface area contributed by atoms with Crippen molar-refractivity contribution in [3.63, 3.8) is 0 Å². The number of ether oxygens (including phenoxy) is 1. The minimum Gasteiger partial charge on any atom is -0.369 e. The molecule has 33 heavy (non-hydrogen) atoms. The minimum atomic E-state index is -0.0910. The summed E-state index contributed by atoms with van der Waals surface area (Å²) in [6, 6.07) is 10.9. The molecule has 0 N–H and O–H groups in total. The molecule has 2 aliphatic rings. The highest BCUT2D eigenvalue weighted by molar-refractivity contribution is 7.99. The second kappa shape index (κ2) is 9.55. The van der Waals surface area contributed by atoms with Gasteiger partial charge in [0, 0.05) is 29.6 Å². The van der Waals surface area contributed by atoms with E-state index in [1.54, 1.807) is 11.8 Å². The third kappa shape index (κ3) is 4.94. The number of fused-ring (bicyclic) bond motifs is 3. The third-order valence-corrected chi connectivity index (χ3v) is 9.13. The Labute approximate surface area is 206 Å². The van der Waals surface area contributed by atoms with Crippen LogP contribution < -0.4 is 4.90 Å².